The number of carbonyl (C=O) groups is 1. The largest absolute Gasteiger partial charge is 0.491 e. The zero-order valence-electron chi connectivity index (χ0n) is 13.6. The lowest BCUT2D eigenvalue weighted by Gasteiger charge is -2.31. The van der Waals surface area contributed by atoms with Crippen LogP contribution in [-0.2, 0) is 4.74 Å². The average molecular weight is 345 g/mol. The number of alkyl halides is 3. The molecule has 0 spiro atoms. The molecule has 2 rings (SSSR count). The van der Waals surface area contributed by atoms with Crippen LogP contribution in [-0.4, -0.2) is 38.4 Å². The summed E-state index contributed by atoms with van der Waals surface area (Å²) in [4.78, 5) is 12.3. The predicted octanol–water partition coefficient (Wildman–Crippen LogP) is 3.56. The quantitative estimate of drug-likeness (QED) is 0.802. The molecule has 1 aromatic rings. The number of halogens is 3. The van der Waals surface area contributed by atoms with Gasteiger partial charge in [0.25, 0.3) is 5.91 Å². The Labute approximate surface area is 139 Å². The Balaban J connectivity index is 1.93. The third kappa shape index (κ3) is 5.40. The third-order valence-electron chi connectivity index (χ3n) is 4.12. The first-order chi connectivity index (χ1) is 11.4. The highest BCUT2D eigenvalue weighted by molar-refractivity contribution is 5.94. The van der Waals surface area contributed by atoms with E-state index < -0.39 is 18.1 Å². The number of rotatable bonds is 6. The van der Waals surface area contributed by atoms with E-state index in [1.165, 1.54) is 0 Å². The number of carbonyl (C=O) groups excluding carboxylic acids is 1. The molecule has 1 aliphatic rings. The summed E-state index contributed by atoms with van der Waals surface area (Å²) in [5.74, 6) is -1.18. The van der Waals surface area contributed by atoms with Gasteiger partial charge in [-0.2, -0.15) is 13.2 Å². The lowest BCUT2D eigenvalue weighted by molar-refractivity contribution is -0.183. The standard InChI is InChI=1S/C17H22F3NO3/c1-23-8-9-24-15-7-2-4-12(10-15)16(22)21-14-6-3-5-13(11-14)17(18,19)20/h2,4,7,10,13-14H,3,5-6,8-9,11H2,1H3,(H,21,22)/t13-,14-/m0/s1. The van der Waals surface area contributed by atoms with Gasteiger partial charge in [-0.05, 0) is 37.5 Å². The van der Waals surface area contributed by atoms with Gasteiger partial charge in [-0.15, -0.1) is 0 Å². The smallest absolute Gasteiger partial charge is 0.391 e. The molecule has 0 aromatic heterocycles. The maximum absolute atomic E-state index is 12.8. The fourth-order valence-corrected chi connectivity index (χ4v) is 2.86. The van der Waals surface area contributed by atoms with Crippen molar-refractivity contribution in [2.24, 2.45) is 5.92 Å². The number of nitrogens with one attached hydrogen (secondary N) is 1. The molecule has 7 heteroatoms. The van der Waals surface area contributed by atoms with Gasteiger partial charge >= 0.3 is 6.18 Å². The Bertz CT molecular complexity index is 548. The second kappa shape index (κ2) is 8.37. The first-order valence-corrected chi connectivity index (χ1v) is 7.99. The van der Waals surface area contributed by atoms with Gasteiger partial charge in [-0.3, -0.25) is 4.79 Å². The summed E-state index contributed by atoms with van der Waals surface area (Å²) < 4.78 is 48.8. The van der Waals surface area contributed by atoms with Crippen LogP contribution in [0.25, 0.3) is 0 Å². The van der Waals surface area contributed by atoms with E-state index in [0.29, 0.717) is 37.4 Å². The first kappa shape index (κ1) is 18.6. The van der Waals surface area contributed by atoms with E-state index >= 15 is 0 Å². The van der Waals surface area contributed by atoms with Crippen molar-refractivity contribution >= 4 is 5.91 Å². The van der Waals surface area contributed by atoms with Gasteiger partial charge in [0.2, 0.25) is 0 Å². The Morgan fingerprint density at radius 3 is 2.79 bits per heavy atom. The van der Waals surface area contributed by atoms with E-state index in [1.54, 1.807) is 31.4 Å². The van der Waals surface area contributed by atoms with E-state index in [2.05, 4.69) is 5.32 Å². The van der Waals surface area contributed by atoms with E-state index in [0.717, 1.165) is 0 Å². The zero-order valence-corrected chi connectivity index (χ0v) is 13.6. The zero-order chi connectivity index (χ0) is 17.6. The second-order valence-corrected chi connectivity index (χ2v) is 5.94. The van der Waals surface area contributed by atoms with Crippen molar-refractivity contribution in [2.45, 2.75) is 37.9 Å². The van der Waals surface area contributed by atoms with Crippen LogP contribution in [0.2, 0.25) is 0 Å². The Hall–Kier alpha value is -1.76. The molecule has 0 aliphatic heterocycles. The Kier molecular flexibility index (Phi) is 6.48. The molecule has 134 valence electrons. The fraction of sp³-hybridized carbons (Fsp3) is 0.588. The summed E-state index contributed by atoms with van der Waals surface area (Å²) >= 11 is 0. The molecule has 0 unspecified atom stereocenters. The van der Waals surface area contributed by atoms with Crippen LogP contribution < -0.4 is 10.1 Å². The van der Waals surface area contributed by atoms with Crippen LogP contribution >= 0.6 is 0 Å². The van der Waals surface area contributed by atoms with Crippen molar-refractivity contribution in [3.8, 4) is 5.75 Å². The van der Waals surface area contributed by atoms with Crippen LogP contribution in [0.5, 0.6) is 5.75 Å². The number of amides is 1. The Morgan fingerprint density at radius 2 is 2.08 bits per heavy atom. The van der Waals surface area contributed by atoms with Gasteiger partial charge in [0, 0.05) is 18.7 Å². The molecule has 0 heterocycles. The van der Waals surface area contributed by atoms with Crippen molar-refractivity contribution in [2.75, 3.05) is 20.3 Å². The van der Waals surface area contributed by atoms with Gasteiger partial charge in [-0.25, -0.2) is 0 Å². The number of ether oxygens (including phenoxy) is 2. The second-order valence-electron chi connectivity index (χ2n) is 5.94. The monoisotopic (exact) mass is 345 g/mol. The van der Waals surface area contributed by atoms with Gasteiger partial charge in [0.15, 0.2) is 0 Å². The van der Waals surface area contributed by atoms with Crippen LogP contribution in [0.3, 0.4) is 0 Å². The van der Waals surface area contributed by atoms with Crippen molar-refractivity contribution in [1.29, 1.82) is 0 Å². The van der Waals surface area contributed by atoms with E-state index in [4.69, 9.17) is 9.47 Å². The van der Waals surface area contributed by atoms with Gasteiger partial charge in [0.05, 0.1) is 12.5 Å². The molecule has 24 heavy (non-hydrogen) atoms. The molecule has 1 amide bonds. The van der Waals surface area contributed by atoms with E-state index in [9.17, 15) is 18.0 Å². The van der Waals surface area contributed by atoms with Crippen LogP contribution in [0.15, 0.2) is 24.3 Å². The molecule has 0 bridgehead atoms. The number of benzene rings is 1. The number of hydrogen-bond acceptors (Lipinski definition) is 3. The lowest BCUT2D eigenvalue weighted by atomic mass is 9.85. The molecule has 2 atom stereocenters. The molecule has 1 N–H and O–H groups in total. The van der Waals surface area contributed by atoms with Crippen molar-refractivity contribution < 1.29 is 27.4 Å². The maximum Gasteiger partial charge on any atom is 0.391 e. The molecule has 1 saturated carbocycles. The molecule has 1 aliphatic carbocycles. The number of hydrogen-bond donors (Lipinski definition) is 1. The summed E-state index contributed by atoms with van der Waals surface area (Å²) in [5.41, 5.74) is 0.374. The minimum absolute atomic E-state index is 0.0563. The van der Waals surface area contributed by atoms with E-state index in [1.807, 2.05) is 0 Å². The molecule has 1 aromatic carbocycles. The minimum Gasteiger partial charge on any atom is -0.491 e. The topological polar surface area (TPSA) is 47.6 Å². The minimum atomic E-state index is -4.20. The highest BCUT2D eigenvalue weighted by Crippen LogP contribution is 2.37. The Morgan fingerprint density at radius 1 is 1.29 bits per heavy atom. The van der Waals surface area contributed by atoms with Crippen molar-refractivity contribution in [3.63, 3.8) is 0 Å². The highest BCUT2D eigenvalue weighted by atomic mass is 19.4. The molecular weight excluding hydrogens is 323 g/mol. The molecular formula is C17H22F3NO3. The summed E-state index contributed by atoms with van der Waals surface area (Å²) in [7, 11) is 1.56. The summed E-state index contributed by atoms with van der Waals surface area (Å²) in [6, 6.07) is 6.14. The molecule has 4 nitrogen and oxygen atoms in total. The predicted molar refractivity (Wildman–Crippen MR) is 83.1 cm³/mol. The van der Waals surface area contributed by atoms with Gasteiger partial charge in [0.1, 0.15) is 12.4 Å². The maximum atomic E-state index is 12.8. The lowest BCUT2D eigenvalue weighted by Crippen LogP contribution is -2.41. The summed E-state index contributed by atoms with van der Waals surface area (Å²) in [5, 5.41) is 2.71. The van der Waals surface area contributed by atoms with Crippen LogP contribution in [0.1, 0.15) is 36.0 Å². The third-order valence-corrected chi connectivity index (χ3v) is 4.12. The summed E-state index contributed by atoms with van der Waals surface area (Å²) in [6.07, 6.45) is -3.08. The van der Waals surface area contributed by atoms with Crippen molar-refractivity contribution in [3.05, 3.63) is 29.8 Å². The molecule has 0 radical (unpaired) electrons. The van der Waals surface area contributed by atoms with Gasteiger partial charge in [-0.1, -0.05) is 12.5 Å². The average Bonchev–Trinajstić information content (AvgIpc) is 2.55. The normalized spacial score (nSPS) is 21.3. The fourth-order valence-electron chi connectivity index (χ4n) is 2.86. The van der Waals surface area contributed by atoms with Crippen LogP contribution in [0.4, 0.5) is 13.2 Å². The van der Waals surface area contributed by atoms with Gasteiger partial charge < -0.3 is 14.8 Å². The SMILES string of the molecule is COCCOc1cccc(C(=O)N[C@H]2CCC[C@H](C(F)(F)F)C2)c1. The van der Waals surface area contributed by atoms with Crippen molar-refractivity contribution in [1.82, 2.24) is 5.32 Å². The number of methoxy groups -OCH3 is 1. The van der Waals surface area contributed by atoms with E-state index in [-0.39, 0.29) is 18.7 Å². The highest BCUT2D eigenvalue weighted by Gasteiger charge is 2.42. The molecule has 1 fully saturated rings. The molecule has 0 saturated heterocycles. The first-order valence-electron chi connectivity index (χ1n) is 7.99. The van der Waals surface area contributed by atoms with Crippen LogP contribution in [0, 0.1) is 5.92 Å². The summed E-state index contributed by atoms with van der Waals surface area (Å²) in [6.45, 7) is 0.786.